The van der Waals surface area contributed by atoms with Crippen molar-refractivity contribution in [3.8, 4) is 11.5 Å². The maximum atomic E-state index is 12.8. The lowest BCUT2D eigenvalue weighted by atomic mass is 10.1. The smallest absolute Gasteiger partial charge is 0.335 e. The summed E-state index contributed by atoms with van der Waals surface area (Å²) < 4.78 is 36.7. The summed E-state index contributed by atoms with van der Waals surface area (Å²) in [6, 6.07) is 10.2. The molecule has 10 nitrogen and oxygen atoms in total. The van der Waals surface area contributed by atoms with Crippen molar-refractivity contribution in [3.05, 3.63) is 53.6 Å². The summed E-state index contributed by atoms with van der Waals surface area (Å²) in [6.45, 7) is -0.488. The largest absolute Gasteiger partial charge is 0.497 e. The third-order valence-electron chi connectivity index (χ3n) is 3.99. The maximum Gasteiger partial charge on any atom is 0.335 e. The van der Waals surface area contributed by atoms with Gasteiger partial charge in [-0.15, -0.1) is 0 Å². The number of nitrogens with one attached hydrogen (secondary N) is 1. The van der Waals surface area contributed by atoms with Crippen molar-refractivity contribution in [1.82, 2.24) is 9.73 Å². The van der Waals surface area contributed by atoms with Gasteiger partial charge in [-0.05, 0) is 29.8 Å². The summed E-state index contributed by atoms with van der Waals surface area (Å²) in [4.78, 5) is 22.8. The van der Waals surface area contributed by atoms with Crippen molar-refractivity contribution in [2.75, 3.05) is 27.8 Å². The van der Waals surface area contributed by atoms with Gasteiger partial charge in [0.05, 0.1) is 32.5 Å². The van der Waals surface area contributed by atoms with Crippen LogP contribution in [0.15, 0.2) is 52.5 Å². The maximum absolute atomic E-state index is 12.8. The minimum absolute atomic E-state index is 0.117. The van der Waals surface area contributed by atoms with Crippen molar-refractivity contribution < 1.29 is 32.6 Å². The molecular formula is C19H21N3O7S. The first kappa shape index (κ1) is 22.8. The molecule has 0 aliphatic rings. The lowest BCUT2D eigenvalue weighted by molar-refractivity contribution is -0.121. The number of benzene rings is 2. The number of hydrogen-bond donors (Lipinski definition) is 2. The molecule has 30 heavy (non-hydrogen) atoms. The number of sulfonamides is 1. The number of methoxy groups -OCH3 is 2. The minimum atomic E-state index is -4.04. The summed E-state index contributed by atoms with van der Waals surface area (Å²) in [6.07, 6.45) is 1.31. The van der Waals surface area contributed by atoms with E-state index in [1.807, 2.05) is 0 Å². The highest BCUT2D eigenvalue weighted by Crippen LogP contribution is 2.30. The van der Waals surface area contributed by atoms with E-state index >= 15 is 0 Å². The Hall–Kier alpha value is -3.44. The van der Waals surface area contributed by atoms with E-state index in [9.17, 15) is 18.0 Å². The van der Waals surface area contributed by atoms with Gasteiger partial charge < -0.3 is 14.6 Å². The summed E-state index contributed by atoms with van der Waals surface area (Å²) in [5.41, 5.74) is 2.91. The first-order valence-electron chi connectivity index (χ1n) is 8.52. The molecule has 0 atom stereocenters. The zero-order valence-electron chi connectivity index (χ0n) is 16.5. The summed E-state index contributed by atoms with van der Waals surface area (Å²) in [5.74, 6) is -1.28. The van der Waals surface area contributed by atoms with Crippen LogP contribution in [0.3, 0.4) is 0 Å². The average molecular weight is 435 g/mol. The Balaban J connectivity index is 2.05. The monoisotopic (exact) mass is 435 g/mol. The van der Waals surface area contributed by atoms with Gasteiger partial charge in [-0.1, -0.05) is 12.1 Å². The number of amides is 1. The molecule has 0 fully saturated rings. The Morgan fingerprint density at radius 2 is 1.80 bits per heavy atom. The highest BCUT2D eigenvalue weighted by Gasteiger charge is 2.27. The van der Waals surface area contributed by atoms with Crippen LogP contribution in [-0.4, -0.2) is 63.7 Å². The summed E-state index contributed by atoms with van der Waals surface area (Å²) >= 11 is 0. The van der Waals surface area contributed by atoms with Crippen molar-refractivity contribution >= 4 is 28.1 Å². The normalized spacial score (nSPS) is 11.5. The van der Waals surface area contributed by atoms with Crippen LogP contribution in [0.4, 0.5) is 0 Å². The molecule has 1 amide bonds. The fourth-order valence-corrected chi connectivity index (χ4v) is 3.66. The van der Waals surface area contributed by atoms with Gasteiger partial charge in [0.15, 0.2) is 0 Å². The van der Waals surface area contributed by atoms with E-state index in [0.29, 0.717) is 11.3 Å². The van der Waals surface area contributed by atoms with Crippen molar-refractivity contribution in [2.24, 2.45) is 5.10 Å². The molecule has 11 heteroatoms. The van der Waals surface area contributed by atoms with Gasteiger partial charge in [-0.25, -0.2) is 18.6 Å². The number of aromatic carboxylic acids is 1. The zero-order valence-corrected chi connectivity index (χ0v) is 17.3. The standard InChI is InChI=1S/C19H21N3O7S/c1-22(30(26,27)17-10-15(28-2)8-9-16(17)29-3)12-18(23)21-20-11-13-4-6-14(7-5-13)19(24)25/h4-11H,12H2,1-3H3,(H,21,23)(H,24,25). The molecule has 0 radical (unpaired) electrons. The number of carboxylic acid groups (broad SMARTS) is 1. The molecule has 0 saturated heterocycles. The third kappa shape index (κ3) is 5.55. The predicted octanol–water partition coefficient (Wildman–Crippen LogP) is 1.17. The van der Waals surface area contributed by atoms with E-state index in [0.717, 1.165) is 4.31 Å². The fourth-order valence-electron chi connectivity index (χ4n) is 2.37. The second-order valence-electron chi connectivity index (χ2n) is 6.00. The average Bonchev–Trinajstić information content (AvgIpc) is 2.73. The van der Waals surface area contributed by atoms with Gasteiger partial charge in [0, 0.05) is 13.1 Å². The summed E-state index contributed by atoms with van der Waals surface area (Å²) in [7, 11) is -0.0435. The summed E-state index contributed by atoms with van der Waals surface area (Å²) in [5, 5.41) is 12.6. The van der Waals surface area contributed by atoms with Crippen LogP contribution in [0.1, 0.15) is 15.9 Å². The predicted molar refractivity (Wildman–Crippen MR) is 108 cm³/mol. The molecule has 0 aliphatic heterocycles. The molecular weight excluding hydrogens is 414 g/mol. The number of carbonyl (C=O) groups is 2. The van der Waals surface area contributed by atoms with Gasteiger partial charge in [0.2, 0.25) is 10.0 Å². The van der Waals surface area contributed by atoms with Crippen molar-refractivity contribution in [2.45, 2.75) is 4.90 Å². The molecule has 160 valence electrons. The Labute approximate surface area is 173 Å². The highest BCUT2D eigenvalue weighted by atomic mass is 32.2. The Morgan fingerprint density at radius 1 is 1.13 bits per heavy atom. The molecule has 0 spiro atoms. The number of hydrogen-bond acceptors (Lipinski definition) is 7. The number of ether oxygens (including phenoxy) is 2. The number of rotatable bonds is 9. The Kier molecular flexibility index (Phi) is 7.50. The molecule has 2 aromatic carbocycles. The molecule has 0 aliphatic carbocycles. The second kappa shape index (κ2) is 9.85. The van der Waals surface area contributed by atoms with Gasteiger partial charge in [0.1, 0.15) is 16.4 Å². The van der Waals surface area contributed by atoms with Crippen LogP contribution >= 0.6 is 0 Å². The number of hydrazone groups is 1. The number of likely N-dealkylation sites (N-methyl/N-ethyl adjacent to an activating group) is 1. The Morgan fingerprint density at radius 3 is 2.37 bits per heavy atom. The van der Waals surface area contributed by atoms with Crippen molar-refractivity contribution in [3.63, 3.8) is 0 Å². The quantitative estimate of drug-likeness (QED) is 0.446. The third-order valence-corrected chi connectivity index (χ3v) is 5.81. The van der Waals surface area contributed by atoms with Gasteiger partial charge in [-0.3, -0.25) is 4.79 Å². The van der Waals surface area contributed by atoms with E-state index < -0.39 is 28.4 Å². The van der Waals surface area contributed by atoms with Crippen LogP contribution in [0.5, 0.6) is 11.5 Å². The van der Waals surface area contributed by atoms with Crippen LogP contribution < -0.4 is 14.9 Å². The number of carboxylic acids is 1. The van der Waals surface area contributed by atoms with Gasteiger partial charge in [0.25, 0.3) is 5.91 Å². The lowest BCUT2D eigenvalue weighted by Gasteiger charge is -2.18. The second-order valence-corrected chi connectivity index (χ2v) is 8.01. The molecule has 0 saturated carbocycles. The number of carbonyl (C=O) groups excluding carboxylic acids is 1. The molecule has 0 heterocycles. The Bertz CT molecular complexity index is 1050. The van der Waals surface area contributed by atoms with E-state index in [2.05, 4.69) is 10.5 Å². The molecule has 0 aromatic heterocycles. The van der Waals surface area contributed by atoms with E-state index in [-0.39, 0.29) is 16.2 Å². The van der Waals surface area contributed by atoms with Crippen LogP contribution in [0, 0.1) is 0 Å². The van der Waals surface area contributed by atoms with Crippen LogP contribution in [0.25, 0.3) is 0 Å². The van der Waals surface area contributed by atoms with Crippen molar-refractivity contribution in [1.29, 1.82) is 0 Å². The molecule has 2 N–H and O–H groups in total. The highest BCUT2D eigenvalue weighted by molar-refractivity contribution is 7.89. The molecule has 2 aromatic rings. The topological polar surface area (TPSA) is 135 Å². The van der Waals surface area contributed by atoms with Gasteiger partial charge >= 0.3 is 5.97 Å². The van der Waals surface area contributed by atoms with E-state index in [1.165, 1.54) is 63.9 Å². The minimum Gasteiger partial charge on any atom is -0.497 e. The number of nitrogens with zero attached hydrogens (tertiary/aromatic N) is 2. The van der Waals surface area contributed by atoms with E-state index in [1.54, 1.807) is 6.07 Å². The molecule has 2 rings (SSSR count). The SMILES string of the molecule is COc1ccc(OC)c(S(=O)(=O)N(C)CC(=O)NN=Cc2ccc(C(=O)O)cc2)c1. The lowest BCUT2D eigenvalue weighted by Crippen LogP contribution is -2.36. The zero-order chi connectivity index (χ0) is 22.3. The van der Waals surface area contributed by atoms with Gasteiger partial charge in [-0.2, -0.15) is 9.41 Å². The molecule has 0 unspecified atom stereocenters. The fraction of sp³-hybridized carbons (Fsp3) is 0.211. The molecule has 0 bridgehead atoms. The van der Waals surface area contributed by atoms with Crippen LogP contribution in [0.2, 0.25) is 0 Å². The van der Waals surface area contributed by atoms with E-state index in [4.69, 9.17) is 14.6 Å². The first-order chi connectivity index (χ1) is 14.2. The van der Waals surface area contributed by atoms with Crippen LogP contribution in [-0.2, 0) is 14.8 Å². The first-order valence-corrected chi connectivity index (χ1v) is 9.96.